The van der Waals surface area contributed by atoms with Crippen molar-refractivity contribution >= 4 is 61.7 Å². The summed E-state index contributed by atoms with van der Waals surface area (Å²) in [5.41, 5.74) is -0.0307. The third kappa shape index (κ3) is 11.5. The van der Waals surface area contributed by atoms with Gasteiger partial charge in [0, 0.05) is 60.7 Å². The van der Waals surface area contributed by atoms with Crippen molar-refractivity contribution in [3.8, 4) is 95.5 Å². The standard InChI is InChI=1S/C100H84N4OSi.Pt/c1-64-29-25-30-65(2)94(64)70-55-86-84-62-89-88(99(8,9)50-51-100(89,10)11)61-83(84)79-43-21-22-44-80(79)85-54-69(68-33-27-42-78(53-68)106(75-36-15-12-16-37-75,76-38-17-13-18-39-76)77-40-19-14-20-41-77)57-92-97(85)103(96(86)87(56-70)95-66(3)31-26-32-67(95)4)63-102(92)72-34-28-35-73(59-72)105-74-47-48-82-81-45-23-24-46-90(81)104(91(82)60-74)93-58-71(49-52-101-93)98(5,6)7;/h12-49,52-58,61-62H,50-51H2,1-11H3;/q-2;/i1D3,2D3,3D3,4D3,12D,13D,14D,15D,16D,17D,18D,19D,20D,27D,33D,36D,37D,38D,39D,40D,41D,42D,53D;. The minimum absolute atomic E-state index is 0. The smallest absolute Gasteiger partial charge is 0.268 e. The van der Waals surface area contributed by atoms with E-state index in [-0.39, 0.29) is 93.8 Å². The van der Waals surface area contributed by atoms with Crippen LogP contribution < -0.4 is 30.1 Å². The van der Waals surface area contributed by atoms with Crippen LogP contribution in [-0.4, -0.2) is 22.2 Å². The maximum atomic E-state index is 11.3. The Morgan fingerprint density at radius 1 is 0.486 bits per heavy atom. The largest absolute Gasteiger partial charge is 0.510 e. The van der Waals surface area contributed by atoms with Crippen LogP contribution in [0.4, 0.5) is 0 Å². The maximum absolute atomic E-state index is 11.3. The molecule has 1 aliphatic heterocycles. The van der Waals surface area contributed by atoms with Gasteiger partial charge < -0.3 is 13.9 Å². The van der Waals surface area contributed by atoms with E-state index in [1.54, 1.807) is 65.4 Å². The second kappa shape index (κ2) is 26.5. The van der Waals surface area contributed by atoms with Gasteiger partial charge in [-0.1, -0.05) is 260 Å². The van der Waals surface area contributed by atoms with Gasteiger partial charge in [0.15, 0.2) is 8.07 Å². The monoisotopic (exact) mass is 1610 g/mol. The van der Waals surface area contributed by atoms with Gasteiger partial charge in [-0.2, -0.15) is 18.2 Å². The second-order valence-corrected chi connectivity index (χ2v) is 32.9. The van der Waals surface area contributed by atoms with E-state index < -0.39 is 215 Å². The summed E-state index contributed by atoms with van der Waals surface area (Å²) in [6.07, 6.45) is 6.64. The van der Waals surface area contributed by atoms with Gasteiger partial charge in [-0.15, -0.1) is 29.7 Å². The fraction of sp³-hybridized carbons (Fsp3) is 0.160. The zero-order valence-electron chi connectivity index (χ0n) is 90.1. The number of rotatable bonds is 11. The summed E-state index contributed by atoms with van der Waals surface area (Å²) in [5, 5.41) is -2.63. The van der Waals surface area contributed by atoms with Crippen LogP contribution in [0.3, 0.4) is 0 Å². The summed E-state index contributed by atoms with van der Waals surface area (Å²) in [7, 11) is -6.53. The van der Waals surface area contributed by atoms with Crippen LogP contribution in [0, 0.1) is 45.9 Å². The van der Waals surface area contributed by atoms with E-state index in [1.807, 2.05) is 59.2 Å². The van der Waals surface area contributed by atoms with Crippen LogP contribution in [0.5, 0.6) is 11.5 Å². The van der Waals surface area contributed by atoms with Gasteiger partial charge in [0.2, 0.25) is 0 Å². The van der Waals surface area contributed by atoms with Gasteiger partial charge >= 0.3 is 0 Å². The minimum Gasteiger partial charge on any atom is -0.510 e. The number of hydrogen-bond donors (Lipinski definition) is 0. The van der Waals surface area contributed by atoms with Gasteiger partial charge in [-0.05, 0) is 236 Å². The van der Waals surface area contributed by atoms with E-state index in [2.05, 4.69) is 66.9 Å². The SMILES string of the molecule is [2H]c1c([2H])c([2H])c([Si](c2c([2H])c([2H])c([2H])c([2H])c2[2H])(c2c([2H])c([2H])c([2H])c([2H])c2[2H])c2c([2H])c([2H])c([2H])c(-c3cc4c5c(c3)n(-c3[c-]c(Oc6[c-]c7c(cc6)c6ccccc6n7-c6cc(C(C)(C)C)ccn6)ccc3)[c-][n+]5-c3c(cc(-c5c(C([2H])([2H])[2H])cccc5C([2H])([2H])[2H])cc3-c3c(C([2H])([2H])[2H])cccc3C([2H])([2H])[2H])-c3cc5c(cc3-c3ccccc3-4)C(C)(C)CCC5(C)C)c2[2H])c([2H])c1[2H].[Pt]. The predicted molar refractivity (Wildman–Crippen MR) is 443 cm³/mol. The van der Waals surface area contributed by atoms with E-state index in [0.717, 1.165) is 33.0 Å². The zero-order chi connectivity index (χ0) is 99.1. The number of nitrogens with zero attached hydrogens (tertiary/aromatic N) is 4. The van der Waals surface area contributed by atoms with E-state index >= 15 is 0 Å². The molecule has 13 aromatic carbocycles. The van der Waals surface area contributed by atoms with Crippen LogP contribution in [0.2, 0.25) is 0 Å². The van der Waals surface area contributed by atoms with Gasteiger partial charge in [-0.3, -0.25) is 4.57 Å². The molecule has 107 heavy (non-hydrogen) atoms. The Balaban J connectivity index is 0.0000132. The van der Waals surface area contributed by atoms with E-state index in [1.165, 1.54) is 59.2 Å². The van der Waals surface area contributed by atoms with Crippen LogP contribution in [0.15, 0.2) is 285 Å². The van der Waals surface area contributed by atoms with Crippen molar-refractivity contribution in [2.75, 3.05) is 0 Å². The molecule has 5 nitrogen and oxygen atoms in total. The summed E-state index contributed by atoms with van der Waals surface area (Å²) < 4.78 is 311. The molecular weight excluding hydrogens is 1500 g/mol. The van der Waals surface area contributed by atoms with Crippen LogP contribution in [0.1, 0.15) is 143 Å². The minimum atomic E-state index is -6.53. The van der Waals surface area contributed by atoms with Gasteiger partial charge in [-0.25, -0.2) is 4.98 Å². The number of benzene rings is 13. The first-order chi connectivity index (χ1) is 64.0. The quantitative estimate of drug-likeness (QED) is 0.0560. The van der Waals surface area contributed by atoms with Crippen molar-refractivity contribution in [1.29, 1.82) is 0 Å². The summed E-state index contributed by atoms with van der Waals surface area (Å²) in [6.45, 7) is 2.01. The van der Waals surface area contributed by atoms with Crippen molar-refractivity contribution in [2.24, 2.45) is 0 Å². The molecule has 0 atom stereocenters. The molecule has 3 aromatic heterocycles. The average molecular weight is 1610 g/mol. The van der Waals surface area contributed by atoms with Crippen molar-refractivity contribution < 1.29 is 72.9 Å². The molecule has 0 bridgehead atoms. The molecule has 0 fully saturated rings. The number of fused-ring (bicyclic) bond motifs is 11. The molecular formula is C100H84N4OPtSi-2. The van der Waals surface area contributed by atoms with E-state index in [9.17, 15) is 38.4 Å². The van der Waals surface area contributed by atoms with Crippen molar-refractivity contribution in [3.63, 3.8) is 0 Å². The molecule has 1 aliphatic carbocycles. The molecule has 16 aromatic rings. The fourth-order valence-corrected chi connectivity index (χ4v) is 19.3. The van der Waals surface area contributed by atoms with E-state index in [0.29, 0.717) is 46.4 Å². The molecule has 0 amide bonds. The molecule has 0 spiro atoms. The third-order valence-corrected chi connectivity index (χ3v) is 25.1. The number of ether oxygens (including phenoxy) is 1. The Hall–Kier alpha value is -11.0. The summed E-state index contributed by atoms with van der Waals surface area (Å²) in [4.78, 5) is 4.88. The summed E-state index contributed by atoms with van der Waals surface area (Å²) in [6, 6.07) is 29.7. The third-order valence-electron chi connectivity index (χ3n) is 21.1. The molecule has 0 radical (unpaired) electrons. The zero-order valence-corrected chi connectivity index (χ0v) is 62.4. The van der Waals surface area contributed by atoms with Crippen LogP contribution >= 0.6 is 0 Å². The Morgan fingerprint density at radius 3 is 1.68 bits per heavy atom. The molecule has 0 unspecified atom stereocenters. The first-order valence-electron chi connectivity index (χ1n) is 50.3. The Labute approximate surface area is 688 Å². The summed E-state index contributed by atoms with van der Waals surface area (Å²) >= 11 is 0. The number of imidazole rings is 1. The number of aromatic nitrogens is 4. The van der Waals surface area contributed by atoms with Gasteiger partial charge in [0.1, 0.15) is 5.82 Å². The number of hydrogen-bond acceptors (Lipinski definition) is 2. The normalized spacial score (nSPS) is 18.2. The molecule has 18 rings (SSSR count). The molecule has 0 N–H and O–H groups in total. The van der Waals surface area contributed by atoms with Crippen LogP contribution in [-0.2, 0) is 37.3 Å². The molecule has 0 saturated carbocycles. The summed E-state index contributed by atoms with van der Waals surface area (Å²) in [5.74, 6) is 0.776. The van der Waals surface area contributed by atoms with Crippen LogP contribution in [0.25, 0.3) is 117 Å². The Morgan fingerprint density at radius 2 is 1.05 bits per heavy atom. The maximum Gasteiger partial charge on any atom is 0.268 e. The number of aryl methyl sites for hydroxylation is 4. The molecule has 2 aliphatic rings. The first kappa shape index (κ1) is 42.4. The molecule has 4 heterocycles. The molecule has 526 valence electrons. The molecule has 7 heteroatoms. The van der Waals surface area contributed by atoms with E-state index in [4.69, 9.17) is 13.8 Å². The average Bonchev–Trinajstić information content (AvgIpc) is 0.775. The Kier molecular flexibility index (Phi) is 10.5. The number of pyridine rings is 1. The molecule has 0 saturated heterocycles. The first-order valence-corrected chi connectivity index (χ1v) is 36.8. The van der Waals surface area contributed by atoms with Gasteiger partial charge in [0.05, 0.1) is 42.8 Å². The van der Waals surface area contributed by atoms with Crippen molar-refractivity contribution in [2.45, 2.75) is 105 Å². The van der Waals surface area contributed by atoms with Gasteiger partial charge in [0.25, 0.3) is 6.33 Å². The van der Waals surface area contributed by atoms with Crippen molar-refractivity contribution in [3.05, 3.63) is 342 Å². The fourth-order valence-electron chi connectivity index (χ4n) is 15.7. The van der Waals surface area contributed by atoms with Crippen molar-refractivity contribution in [1.82, 2.24) is 14.1 Å². The second-order valence-electron chi connectivity index (χ2n) is 29.4. The predicted octanol–water partition coefficient (Wildman–Crippen LogP) is 22.2. The number of para-hydroxylation sites is 1. The Bertz CT molecular complexity index is 7610. The topological polar surface area (TPSA) is 35.9 Å².